The normalized spacial score (nSPS) is 19.1. The monoisotopic (exact) mass is 453 g/mol. The molecule has 4 rings (SSSR count). The van der Waals surface area contributed by atoms with Crippen LogP contribution in [0.5, 0.6) is 0 Å². The molecule has 1 aliphatic rings. The lowest BCUT2D eigenvalue weighted by atomic mass is 9.78. The molecule has 31 heavy (non-hydrogen) atoms. The van der Waals surface area contributed by atoms with Crippen molar-refractivity contribution >= 4 is 35.1 Å². The number of hydrogen-bond donors (Lipinski definition) is 1. The van der Waals surface area contributed by atoms with Gasteiger partial charge in [0.05, 0.1) is 12.1 Å². The number of halogens is 2. The van der Waals surface area contributed by atoms with Crippen molar-refractivity contribution in [3.8, 4) is 0 Å². The second kappa shape index (κ2) is 8.37. The van der Waals surface area contributed by atoms with Crippen molar-refractivity contribution in [2.45, 2.75) is 31.8 Å². The number of fused-ring (bicyclic) bond motifs is 1. The van der Waals surface area contributed by atoms with E-state index in [1.807, 2.05) is 38.1 Å². The van der Waals surface area contributed by atoms with Crippen molar-refractivity contribution < 1.29 is 14.7 Å². The van der Waals surface area contributed by atoms with Crippen LogP contribution in [0.4, 0.5) is 0 Å². The molecule has 0 fully saturated rings. The van der Waals surface area contributed by atoms with E-state index in [1.165, 1.54) is 0 Å². The van der Waals surface area contributed by atoms with Crippen LogP contribution in [0, 0.1) is 6.92 Å². The van der Waals surface area contributed by atoms with Crippen molar-refractivity contribution in [1.29, 1.82) is 0 Å². The molecule has 2 unspecified atom stereocenters. The average molecular weight is 454 g/mol. The molecule has 1 amide bonds. The van der Waals surface area contributed by atoms with Crippen LogP contribution in [-0.2, 0) is 4.79 Å². The van der Waals surface area contributed by atoms with Crippen molar-refractivity contribution in [2.24, 2.45) is 0 Å². The molecule has 1 aliphatic heterocycles. The number of carboxylic acid groups (broad SMARTS) is 1. The van der Waals surface area contributed by atoms with Crippen LogP contribution in [0.15, 0.2) is 66.7 Å². The molecule has 1 heterocycles. The summed E-state index contributed by atoms with van der Waals surface area (Å²) in [5, 5.41) is 11.0. The number of carbonyl (C=O) groups excluding carboxylic acids is 1. The Labute approximate surface area is 191 Å². The number of aryl methyl sites for hydroxylation is 1. The van der Waals surface area contributed by atoms with Gasteiger partial charge in [-0.05, 0) is 48.7 Å². The highest BCUT2D eigenvalue weighted by Gasteiger charge is 2.46. The number of aliphatic carboxylic acids is 1. The highest BCUT2D eigenvalue weighted by Crippen LogP contribution is 2.48. The van der Waals surface area contributed by atoms with Crippen molar-refractivity contribution in [2.75, 3.05) is 0 Å². The van der Waals surface area contributed by atoms with Gasteiger partial charge < -0.3 is 10.0 Å². The van der Waals surface area contributed by atoms with E-state index >= 15 is 0 Å². The second-order valence-corrected chi connectivity index (χ2v) is 8.66. The Morgan fingerprint density at radius 3 is 2.32 bits per heavy atom. The van der Waals surface area contributed by atoms with Gasteiger partial charge >= 0.3 is 5.97 Å². The predicted molar refractivity (Wildman–Crippen MR) is 122 cm³/mol. The predicted octanol–water partition coefficient (Wildman–Crippen LogP) is 6.43. The van der Waals surface area contributed by atoms with Gasteiger partial charge in [0.2, 0.25) is 0 Å². The fourth-order valence-electron chi connectivity index (χ4n) is 4.32. The van der Waals surface area contributed by atoms with Crippen LogP contribution in [0.2, 0.25) is 10.0 Å². The third-order valence-electron chi connectivity index (χ3n) is 5.90. The summed E-state index contributed by atoms with van der Waals surface area (Å²) in [4.78, 5) is 27.9. The molecule has 4 nitrogen and oxygen atoms in total. The summed E-state index contributed by atoms with van der Waals surface area (Å²) in [7, 11) is 0. The smallest absolute Gasteiger partial charge is 0.313 e. The van der Waals surface area contributed by atoms with Crippen LogP contribution < -0.4 is 0 Å². The zero-order chi connectivity index (χ0) is 22.3. The molecular weight excluding hydrogens is 433 g/mol. The Balaban J connectivity index is 1.95. The summed E-state index contributed by atoms with van der Waals surface area (Å²) in [5.74, 6) is -2.21. The highest BCUT2D eigenvalue weighted by molar-refractivity contribution is 6.35. The summed E-state index contributed by atoms with van der Waals surface area (Å²) >= 11 is 12.6. The Hall–Kier alpha value is -2.82. The van der Waals surface area contributed by atoms with Gasteiger partial charge in [0.15, 0.2) is 0 Å². The van der Waals surface area contributed by atoms with E-state index in [0.29, 0.717) is 26.7 Å². The van der Waals surface area contributed by atoms with Gasteiger partial charge in [-0.2, -0.15) is 0 Å². The zero-order valence-electron chi connectivity index (χ0n) is 17.0. The van der Waals surface area contributed by atoms with E-state index in [0.717, 1.165) is 11.1 Å². The lowest BCUT2D eigenvalue weighted by molar-refractivity contribution is -0.140. The molecule has 0 spiro atoms. The summed E-state index contributed by atoms with van der Waals surface area (Å²) in [6, 6.07) is 18.6. The third-order valence-corrected chi connectivity index (χ3v) is 6.46. The average Bonchev–Trinajstić information content (AvgIpc) is 2.73. The Kier molecular flexibility index (Phi) is 5.78. The SMILES string of the molecule is Cc1ccc([C@H](C)N2C(=O)c3ccccc3C(C(=O)O)C2c2ccc(Cl)cc2Cl)cc1. The Bertz CT molecular complexity index is 1160. The fraction of sp³-hybridized carbons (Fsp3) is 0.200. The third kappa shape index (κ3) is 3.82. The molecule has 3 aromatic carbocycles. The lowest BCUT2D eigenvalue weighted by Crippen LogP contribution is -2.46. The van der Waals surface area contributed by atoms with Gasteiger partial charge in [-0.1, -0.05) is 77.3 Å². The van der Waals surface area contributed by atoms with Crippen LogP contribution in [0.3, 0.4) is 0 Å². The topological polar surface area (TPSA) is 57.6 Å². The molecule has 3 atom stereocenters. The molecule has 6 heteroatoms. The minimum absolute atomic E-state index is 0.225. The maximum atomic E-state index is 13.7. The summed E-state index contributed by atoms with van der Waals surface area (Å²) in [5.41, 5.74) is 3.46. The summed E-state index contributed by atoms with van der Waals surface area (Å²) < 4.78 is 0. The first-order valence-electron chi connectivity index (χ1n) is 9.95. The van der Waals surface area contributed by atoms with Crippen molar-refractivity contribution in [3.05, 3.63) is 105 Å². The molecule has 0 aromatic heterocycles. The standard InChI is InChI=1S/C25H21Cl2NO3/c1-14-7-9-16(10-8-14)15(2)28-23(20-12-11-17(26)13-21(20)27)22(25(30)31)18-5-3-4-6-19(18)24(28)29/h3-13,15,22-23H,1-2H3,(H,30,31)/t15-,22?,23?/m0/s1. The van der Waals surface area contributed by atoms with E-state index in [9.17, 15) is 14.7 Å². The second-order valence-electron chi connectivity index (χ2n) is 7.81. The molecule has 0 bridgehead atoms. The van der Waals surface area contributed by atoms with Crippen molar-refractivity contribution in [1.82, 2.24) is 4.90 Å². The molecule has 158 valence electrons. The van der Waals surface area contributed by atoms with Gasteiger partial charge in [-0.25, -0.2) is 0 Å². The Morgan fingerprint density at radius 2 is 1.68 bits per heavy atom. The van der Waals surface area contributed by atoms with E-state index in [1.54, 1.807) is 47.4 Å². The number of amides is 1. The van der Waals surface area contributed by atoms with Gasteiger partial charge in [0.1, 0.15) is 5.92 Å². The lowest BCUT2D eigenvalue weighted by Gasteiger charge is -2.44. The number of benzene rings is 3. The zero-order valence-corrected chi connectivity index (χ0v) is 18.6. The molecule has 0 saturated carbocycles. The van der Waals surface area contributed by atoms with Crippen LogP contribution in [-0.4, -0.2) is 21.9 Å². The van der Waals surface area contributed by atoms with E-state index in [4.69, 9.17) is 23.2 Å². The van der Waals surface area contributed by atoms with E-state index in [2.05, 4.69) is 0 Å². The molecular formula is C25H21Cl2NO3. The fourth-order valence-corrected chi connectivity index (χ4v) is 4.84. The Morgan fingerprint density at radius 1 is 1.00 bits per heavy atom. The van der Waals surface area contributed by atoms with Crippen molar-refractivity contribution in [3.63, 3.8) is 0 Å². The first-order chi connectivity index (χ1) is 14.8. The number of carboxylic acids is 1. The molecule has 3 aromatic rings. The number of carbonyl (C=O) groups is 2. The first kappa shape index (κ1) is 21.4. The number of nitrogens with zero attached hydrogens (tertiary/aromatic N) is 1. The highest BCUT2D eigenvalue weighted by atomic mass is 35.5. The van der Waals surface area contributed by atoms with Crippen LogP contribution in [0.1, 0.15) is 57.5 Å². The summed E-state index contributed by atoms with van der Waals surface area (Å²) in [6.45, 7) is 3.90. The van der Waals surface area contributed by atoms with Crippen LogP contribution in [0.25, 0.3) is 0 Å². The quantitative estimate of drug-likeness (QED) is 0.494. The minimum Gasteiger partial charge on any atom is -0.481 e. The first-order valence-corrected chi connectivity index (χ1v) is 10.7. The maximum absolute atomic E-state index is 13.7. The molecule has 0 radical (unpaired) electrons. The van der Waals surface area contributed by atoms with E-state index in [-0.39, 0.29) is 11.9 Å². The molecule has 0 saturated heterocycles. The largest absolute Gasteiger partial charge is 0.481 e. The minimum atomic E-state index is -1.02. The van der Waals surface area contributed by atoms with E-state index < -0.39 is 17.9 Å². The van der Waals surface area contributed by atoms with Gasteiger partial charge in [0.25, 0.3) is 5.91 Å². The number of rotatable bonds is 4. The molecule has 0 aliphatic carbocycles. The van der Waals surface area contributed by atoms with Gasteiger partial charge in [0, 0.05) is 15.6 Å². The molecule has 1 N–H and O–H groups in total. The number of hydrogen-bond acceptors (Lipinski definition) is 2. The van der Waals surface area contributed by atoms with Gasteiger partial charge in [-0.15, -0.1) is 0 Å². The van der Waals surface area contributed by atoms with Gasteiger partial charge in [-0.3, -0.25) is 9.59 Å². The summed E-state index contributed by atoms with van der Waals surface area (Å²) in [6.07, 6.45) is 0. The maximum Gasteiger partial charge on any atom is 0.313 e. The van der Waals surface area contributed by atoms with Crippen LogP contribution >= 0.6 is 23.2 Å².